The summed E-state index contributed by atoms with van der Waals surface area (Å²) < 4.78 is 2.13. The van der Waals surface area contributed by atoms with Gasteiger partial charge in [-0.25, -0.2) is 4.98 Å². The molecule has 0 radical (unpaired) electrons. The van der Waals surface area contributed by atoms with Crippen molar-refractivity contribution in [3.8, 4) is 0 Å². The summed E-state index contributed by atoms with van der Waals surface area (Å²) in [5, 5.41) is 0. The fourth-order valence-corrected chi connectivity index (χ4v) is 3.00. The molecule has 0 saturated heterocycles. The van der Waals surface area contributed by atoms with Gasteiger partial charge in [0.05, 0.1) is 4.47 Å². The number of benzene rings is 1. The van der Waals surface area contributed by atoms with Gasteiger partial charge in [0.15, 0.2) is 0 Å². The second-order valence-corrected chi connectivity index (χ2v) is 6.07. The summed E-state index contributed by atoms with van der Waals surface area (Å²) in [6.07, 6.45) is 1.89. The topological polar surface area (TPSA) is 16.1 Å². The lowest BCUT2D eigenvalue weighted by atomic mass is 10.2. The minimum atomic E-state index is 0.827. The smallest absolute Gasteiger partial charge is 0.142 e. The van der Waals surface area contributed by atoms with Gasteiger partial charge in [-0.1, -0.05) is 28.1 Å². The molecule has 0 aliphatic rings. The van der Waals surface area contributed by atoms with Crippen LogP contribution >= 0.6 is 31.9 Å². The van der Waals surface area contributed by atoms with Gasteiger partial charge >= 0.3 is 0 Å². The zero-order valence-corrected chi connectivity index (χ0v) is 13.5. The maximum atomic E-state index is 4.46. The summed E-state index contributed by atoms with van der Waals surface area (Å²) in [6.45, 7) is 2.87. The molecule has 0 saturated carbocycles. The van der Waals surface area contributed by atoms with Gasteiger partial charge in [-0.05, 0) is 52.2 Å². The summed E-state index contributed by atoms with van der Waals surface area (Å²) in [5.74, 6) is 0.959. The number of hydrogen-bond donors (Lipinski definition) is 0. The van der Waals surface area contributed by atoms with E-state index in [0.29, 0.717) is 0 Å². The van der Waals surface area contributed by atoms with Crippen LogP contribution in [0.15, 0.2) is 45.5 Å². The lowest BCUT2D eigenvalue weighted by Crippen LogP contribution is -2.18. The lowest BCUT2D eigenvalue weighted by molar-refractivity contribution is 0.892. The molecule has 94 valence electrons. The molecule has 2 aromatic rings. The van der Waals surface area contributed by atoms with Crippen LogP contribution in [-0.2, 0) is 6.54 Å². The van der Waals surface area contributed by atoms with E-state index in [1.165, 1.54) is 5.56 Å². The van der Waals surface area contributed by atoms with Crippen LogP contribution in [0.2, 0.25) is 0 Å². The number of rotatable bonds is 3. The molecule has 0 aliphatic carbocycles. The Hall–Kier alpha value is -0.870. The quantitative estimate of drug-likeness (QED) is 0.788. The van der Waals surface area contributed by atoms with Crippen molar-refractivity contribution < 1.29 is 0 Å². The molecular weight excluding hydrogens is 356 g/mol. The van der Waals surface area contributed by atoms with Crippen molar-refractivity contribution in [1.29, 1.82) is 0 Å². The summed E-state index contributed by atoms with van der Waals surface area (Å²) in [7, 11) is 2.04. The molecule has 1 aromatic heterocycles. The summed E-state index contributed by atoms with van der Waals surface area (Å²) in [5.41, 5.74) is 2.41. The molecule has 0 atom stereocenters. The summed E-state index contributed by atoms with van der Waals surface area (Å²) in [4.78, 5) is 6.59. The Labute approximate surface area is 124 Å². The van der Waals surface area contributed by atoms with Gasteiger partial charge in [-0.3, -0.25) is 0 Å². The molecule has 0 spiro atoms. The summed E-state index contributed by atoms with van der Waals surface area (Å²) >= 11 is 7.05. The van der Waals surface area contributed by atoms with Crippen molar-refractivity contribution in [3.05, 3.63) is 56.6 Å². The number of pyridine rings is 1. The maximum Gasteiger partial charge on any atom is 0.142 e. The normalized spacial score (nSPS) is 10.4. The first-order valence-corrected chi connectivity index (χ1v) is 7.22. The van der Waals surface area contributed by atoms with E-state index in [0.717, 1.165) is 26.9 Å². The predicted octanol–water partition coefficient (Wildman–Crippen LogP) is 4.55. The van der Waals surface area contributed by atoms with E-state index in [2.05, 4.69) is 59.9 Å². The lowest BCUT2D eigenvalue weighted by Gasteiger charge is -2.20. The van der Waals surface area contributed by atoms with Crippen LogP contribution in [0.25, 0.3) is 0 Å². The van der Waals surface area contributed by atoms with Crippen LogP contribution in [0, 0.1) is 6.92 Å². The van der Waals surface area contributed by atoms with Crippen molar-refractivity contribution in [2.24, 2.45) is 0 Å². The molecule has 1 heterocycles. The van der Waals surface area contributed by atoms with Gasteiger partial charge in [0, 0.05) is 24.3 Å². The number of nitrogens with zero attached hydrogens (tertiary/aromatic N) is 2. The van der Waals surface area contributed by atoms with Crippen LogP contribution in [0.4, 0.5) is 5.82 Å². The second-order valence-electron chi connectivity index (χ2n) is 4.30. The van der Waals surface area contributed by atoms with E-state index in [1.54, 1.807) is 0 Å². The Balaban J connectivity index is 2.19. The summed E-state index contributed by atoms with van der Waals surface area (Å²) in [6, 6.07) is 10.4. The van der Waals surface area contributed by atoms with E-state index in [9.17, 15) is 0 Å². The molecule has 2 nitrogen and oxygen atoms in total. The zero-order valence-electron chi connectivity index (χ0n) is 10.3. The second kappa shape index (κ2) is 5.85. The Kier molecular flexibility index (Phi) is 4.40. The zero-order chi connectivity index (χ0) is 13.1. The highest BCUT2D eigenvalue weighted by Gasteiger charge is 2.08. The Morgan fingerprint density at radius 1 is 1.22 bits per heavy atom. The van der Waals surface area contributed by atoms with Gasteiger partial charge in [-0.2, -0.15) is 0 Å². The molecule has 0 N–H and O–H groups in total. The third-order valence-electron chi connectivity index (χ3n) is 2.63. The van der Waals surface area contributed by atoms with Gasteiger partial charge in [0.25, 0.3) is 0 Å². The highest BCUT2D eigenvalue weighted by Crippen LogP contribution is 2.25. The Morgan fingerprint density at radius 3 is 2.67 bits per heavy atom. The Bertz CT molecular complexity index is 555. The number of halogens is 2. The molecule has 4 heteroatoms. The van der Waals surface area contributed by atoms with E-state index < -0.39 is 0 Å². The van der Waals surface area contributed by atoms with Crippen molar-refractivity contribution in [3.63, 3.8) is 0 Å². The largest absolute Gasteiger partial charge is 0.354 e. The van der Waals surface area contributed by atoms with Crippen LogP contribution in [-0.4, -0.2) is 12.0 Å². The first-order valence-electron chi connectivity index (χ1n) is 5.64. The van der Waals surface area contributed by atoms with Crippen LogP contribution in [0.5, 0.6) is 0 Å². The van der Waals surface area contributed by atoms with Crippen LogP contribution < -0.4 is 4.90 Å². The van der Waals surface area contributed by atoms with Gasteiger partial charge in [0.2, 0.25) is 0 Å². The highest BCUT2D eigenvalue weighted by molar-refractivity contribution is 9.10. The number of aryl methyl sites for hydroxylation is 1. The Morgan fingerprint density at radius 2 is 2.00 bits per heavy atom. The fourth-order valence-electron chi connectivity index (χ4n) is 1.79. The van der Waals surface area contributed by atoms with Crippen LogP contribution in [0.3, 0.4) is 0 Å². The molecule has 0 amide bonds. The number of hydrogen-bond acceptors (Lipinski definition) is 2. The number of anilines is 1. The van der Waals surface area contributed by atoms with Gasteiger partial charge in [-0.15, -0.1) is 0 Å². The minimum absolute atomic E-state index is 0.827. The predicted molar refractivity (Wildman–Crippen MR) is 82.9 cm³/mol. The number of aromatic nitrogens is 1. The van der Waals surface area contributed by atoms with Crippen molar-refractivity contribution in [2.75, 3.05) is 11.9 Å². The van der Waals surface area contributed by atoms with Crippen LogP contribution in [0.1, 0.15) is 11.1 Å². The van der Waals surface area contributed by atoms with Crippen molar-refractivity contribution in [1.82, 2.24) is 4.98 Å². The molecule has 1 aromatic carbocycles. The third-order valence-corrected chi connectivity index (χ3v) is 3.71. The third kappa shape index (κ3) is 3.33. The van der Waals surface area contributed by atoms with Crippen molar-refractivity contribution in [2.45, 2.75) is 13.5 Å². The fraction of sp³-hybridized carbons (Fsp3) is 0.214. The average molecular weight is 370 g/mol. The van der Waals surface area contributed by atoms with E-state index in [1.807, 2.05) is 32.3 Å². The van der Waals surface area contributed by atoms with Crippen molar-refractivity contribution >= 4 is 37.7 Å². The van der Waals surface area contributed by atoms with Gasteiger partial charge in [0.1, 0.15) is 5.82 Å². The molecule has 2 rings (SSSR count). The standard InChI is InChI=1S/C14H14Br2N2/c1-10-6-13(16)14(17-8-10)18(2)9-11-4-3-5-12(15)7-11/h3-8H,9H2,1-2H3. The molecular formula is C14H14Br2N2. The molecule has 0 fully saturated rings. The molecule has 0 bridgehead atoms. The molecule has 18 heavy (non-hydrogen) atoms. The minimum Gasteiger partial charge on any atom is -0.354 e. The van der Waals surface area contributed by atoms with E-state index in [-0.39, 0.29) is 0 Å². The molecule has 0 unspecified atom stereocenters. The van der Waals surface area contributed by atoms with E-state index in [4.69, 9.17) is 0 Å². The average Bonchev–Trinajstić information content (AvgIpc) is 2.28. The van der Waals surface area contributed by atoms with Gasteiger partial charge < -0.3 is 4.90 Å². The first kappa shape index (κ1) is 13.6. The van der Waals surface area contributed by atoms with E-state index >= 15 is 0 Å². The molecule has 0 aliphatic heterocycles. The monoisotopic (exact) mass is 368 g/mol. The SMILES string of the molecule is Cc1cnc(N(C)Cc2cccc(Br)c2)c(Br)c1. The highest BCUT2D eigenvalue weighted by atomic mass is 79.9. The maximum absolute atomic E-state index is 4.46. The first-order chi connectivity index (χ1) is 8.56.